The molecule has 0 aromatic rings. The predicted octanol–water partition coefficient (Wildman–Crippen LogP) is -1.77. The molecule has 0 aromatic heterocycles. The maximum absolute atomic E-state index is 9.64. The van der Waals surface area contributed by atoms with Gasteiger partial charge >= 0.3 is 0 Å². The molecule has 0 atom stereocenters. The molecule has 0 heterocycles. The Labute approximate surface area is 56.6 Å². The van der Waals surface area contributed by atoms with Crippen LogP contribution in [0.3, 0.4) is 0 Å². The summed E-state index contributed by atoms with van der Waals surface area (Å²) in [5.41, 5.74) is 10.1. The molecule has 0 saturated carbocycles. The molecular weight excluding hydrogens is 136 g/mol. The van der Waals surface area contributed by atoms with Crippen LogP contribution in [0.5, 0.6) is 0 Å². The Balaban J connectivity index is 4.52. The van der Waals surface area contributed by atoms with Gasteiger partial charge in [-0.25, -0.2) is 9.59 Å². The summed E-state index contributed by atoms with van der Waals surface area (Å²) >= 11 is 0. The van der Waals surface area contributed by atoms with Crippen LogP contribution in [0.15, 0.2) is 9.98 Å². The summed E-state index contributed by atoms with van der Waals surface area (Å²) < 4.78 is 0. The van der Waals surface area contributed by atoms with Crippen molar-refractivity contribution in [2.45, 2.75) is 5.79 Å². The van der Waals surface area contributed by atoms with E-state index in [0.717, 1.165) is 12.2 Å². The van der Waals surface area contributed by atoms with Crippen molar-refractivity contribution >= 4 is 12.2 Å². The lowest BCUT2D eigenvalue weighted by molar-refractivity contribution is 0.462. The molecule has 0 aliphatic rings. The molecule has 0 amide bonds. The summed E-state index contributed by atoms with van der Waals surface area (Å²) in [5.74, 6) is -1.68. The third kappa shape index (κ3) is 2.30. The number of aliphatic imine (C=N–C) groups is 2. The van der Waals surface area contributed by atoms with Gasteiger partial charge in [-0.1, -0.05) is 0 Å². The van der Waals surface area contributed by atoms with Crippen molar-refractivity contribution in [3.8, 4) is 0 Å². The zero-order valence-electron chi connectivity index (χ0n) is 5.07. The first-order valence-electron chi connectivity index (χ1n) is 2.35. The Morgan fingerprint density at radius 2 is 1.70 bits per heavy atom. The highest BCUT2D eigenvalue weighted by Crippen LogP contribution is 1.98. The minimum absolute atomic E-state index is 0.239. The molecule has 0 radical (unpaired) electrons. The summed E-state index contributed by atoms with van der Waals surface area (Å²) in [5, 5.41) is 0. The van der Waals surface area contributed by atoms with Gasteiger partial charge in [0.15, 0.2) is 0 Å². The van der Waals surface area contributed by atoms with Gasteiger partial charge in [-0.15, -0.1) is 0 Å². The average molecular weight is 142 g/mol. The van der Waals surface area contributed by atoms with Crippen LogP contribution in [0, 0.1) is 0 Å². The number of rotatable bonds is 3. The van der Waals surface area contributed by atoms with Crippen molar-refractivity contribution in [2.24, 2.45) is 21.5 Å². The lowest BCUT2D eigenvalue weighted by Crippen LogP contribution is -2.43. The summed E-state index contributed by atoms with van der Waals surface area (Å²) in [6.45, 7) is -0.239. The highest BCUT2D eigenvalue weighted by molar-refractivity contribution is 5.38. The van der Waals surface area contributed by atoms with Crippen molar-refractivity contribution in [2.75, 3.05) is 6.54 Å². The third-order valence-electron chi connectivity index (χ3n) is 0.779. The molecule has 6 heteroatoms. The Hall–Kier alpha value is -1.32. The molecular formula is C4H6N4O2. The Kier molecular flexibility index (Phi) is 3.17. The van der Waals surface area contributed by atoms with E-state index in [9.17, 15) is 9.59 Å². The Bertz CT molecular complexity index is 183. The number of carbonyl (C=O) groups excluding carboxylic acids is 2. The largest absolute Gasteiger partial charge is 0.325 e. The van der Waals surface area contributed by atoms with Crippen LogP contribution in [0.1, 0.15) is 0 Å². The highest BCUT2D eigenvalue weighted by Gasteiger charge is 2.19. The first-order chi connectivity index (χ1) is 4.68. The molecule has 4 N–H and O–H groups in total. The second kappa shape index (κ2) is 3.66. The molecule has 54 valence electrons. The van der Waals surface area contributed by atoms with Crippen molar-refractivity contribution < 1.29 is 9.59 Å². The normalized spacial score (nSPS) is 14.2. The van der Waals surface area contributed by atoms with Crippen molar-refractivity contribution in [1.82, 2.24) is 0 Å². The topological polar surface area (TPSA) is 111 Å². The molecule has 0 unspecified atom stereocenters. The maximum Gasteiger partial charge on any atom is 0.238 e. The predicted molar refractivity (Wildman–Crippen MR) is 32.2 cm³/mol. The van der Waals surface area contributed by atoms with Gasteiger partial charge in [0, 0.05) is 0 Å². The van der Waals surface area contributed by atoms with Crippen LogP contribution >= 0.6 is 0 Å². The van der Waals surface area contributed by atoms with E-state index >= 15 is 0 Å². The van der Waals surface area contributed by atoms with E-state index in [1.807, 2.05) is 0 Å². The number of hydrogen-bond acceptors (Lipinski definition) is 6. The van der Waals surface area contributed by atoms with Crippen LogP contribution in [0.4, 0.5) is 0 Å². The molecule has 0 aliphatic heterocycles. The number of nitrogens with zero attached hydrogens (tertiary/aromatic N) is 2. The first-order valence-corrected chi connectivity index (χ1v) is 2.35. The van der Waals surface area contributed by atoms with Crippen LogP contribution < -0.4 is 11.5 Å². The number of hydrogen-bond donors (Lipinski definition) is 2. The fourth-order valence-corrected chi connectivity index (χ4v) is 0.274. The molecule has 0 spiro atoms. The summed E-state index contributed by atoms with van der Waals surface area (Å²) in [6, 6.07) is 0. The van der Waals surface area contributed by atoms with Crippen molar-refractivity contribution in [3.63, 3.8) is 0 Å². The van der Waals surface area contributed by atoms with E-state index in [4.69, 9.17) is 11.5 Å². The van der Waals surface area contributed by atoms with Crippen LogP contribution in [0.25, 0.3) is 0 Å². The van der Waals surface area contributed by atoms with Gasteiger partial charge in [0.1, 0.15) is 0 Å². The van der Waals surface area contributed by atoms with Crippen molar-refractivity contribution in [3.05, 3.63) is 0 Å². The van der Waals surface area contributed by atoms with E-state index in [2.05, 4.69) is 9.98 Å². The monoisotopic (exact) mass is 142 g/mol. The van der Waals surface area contributed by atoms with Crippen LogP contribution in [0.2, 0.25) is 0 Å². The van der Waals surface area contributed by atoms with E-state index < -0.39 is 5.79 Å². The van der Waals surface area contributed by atoms with Gasteiger partial charge < -0.3 is 5.73 Å². The average Bonchev–Trinajstić information content (AvgIpc) is 1.89. The van der Waals surface area contributed by atoms with E-state index in [-0.39, 0.29) is 6.54 Å². The second-order valence-electron chi connectivity index (χ2n) is 1.49. The lowest BCUT2D eigenvalue weighted by Gasteiger charge is -2.11. The summed E-state index contributed by atoms with van der Waals surface area (Å²) in [7, 11) is 0. The van der Waals surface area contributed by atoms with Gasteiger partial charge in [-0.3, -0.25) is 5.73 Å². The minimum Gasteiger partial charge on any atom is -0.325 e. The molecule has 0 aromatic carbocycles. The van der Waals surface area contributed by atoms with Gasteiger partial charge in [0.2, 0.25) is 17.9 Å². The first kappa shape index (κ1) is 8.68. The molecule has 0 bridgehead atoms. The number of isocyanates is 2. The van der Waals surface area contributed by atoms with Gasteiger partial charge in [0.05, 0.1) is 6.54 Å². The molecule has 0 fully saturated rings. The van der Waals surface area contributed by atoms with Crippen LogP contribution in [-0.4, -0.2) is 24.5 Å². The van der Waals surface area contributed by atoms with Gasteiger partial charge in [0.25, 0.3) is 0 Å². The molecule has 0 rings (SSSR count). The lowest BCUT2D eigenvalue weighted by atomic mass is 10.4. The highest BCUT2D eigenvalue weighted by atomic mass is 16.1. The third-order valence-corrected chi connectivity index (χ3v) is 0.779. The molecule has 10 heavy (non-hydrogen) atoms. The smallest absolute Gasteiger partial charge is 0.238 e. The Morgan fingerprint density at radius 3 is 1.90 bits per heavy atom. The minimum atomic E-state index is -1.68. The zero-order valence-corrected chi connectivity index (χ0v) is 5.07. The van der Waals surface area contributed by atoms with E-state index in [1.165, 1.54) is 0 Å². The SMILES string of the molecule is NCC(N)(N=C=O)N=C=O. The molecule has 6 nitrogen and oxygen atoms in total. The Morgan fingerprint density at radius 1 is 1.30 bits per heavy atom. The quantitative estimate of drug-likeness (QED) is 0.358. The standard InChI is InChI=1S/C4H6N4O2/c5-1-4(6,7-2-9)8-3-10/h1,5-6H2. The summed E-state index contributed by atoms with van der Waals surface area (Å²) in [4.78, 5) is 25.2. The fourth-order valence-electron chi connectivity index (χ4n) is 0.274. The fraction of sp³-hybridized carbons (Fsp3) is 0.500. The molecule has 0 aliphatic carbocycles. The van der Waals surface area contributed by atoms with Crippen LogP contribution in [-0.2, 0) is 9.59 Å². The summed E-state index contributed by atoms with van der Waals surface area (Å²) in [6.07, 6.45) is 2.28. The van der Waals surface area contributed by atoms with E-state index in [0.29, 0.717) is 0 Å². The van der Waals surface area contributed by atoms with Crippen molar-refractivity contribution in [1.29, 1.82) is 0 Å². The second-order valence-corrected chi connectivity index (χ2v) is 1.49. The van der Waals surface area contributed by atoms with E-state index in [1.54, 1.807) is 0 Å². The van der Waals surface area contributed by atoms with Gasteiger partial charge in [-0.05, 0) is 0 Å². The zero-order chi connectivity index (χ0) is 8.04. The van der Waals surface area contributed by atoms with Gasteiger partial charge in [-0.2, -0.15) is 9.98 Å². The number of nitrogens with two attached hydrogens (primary N) is 2. The molecule has 0 saturated heterocycles. The maximum atomic E-state index is 9.64.